The molecule has 8 nitrogen and oxygen atoms in total. The van der Waals surface area contributed by atoms with E-state index in [4.69, 9.17) is 4.42 Å². The second-order valence-corrected chi connectivity index (χ2v) is 10.4. The van der Waals surface area contributed by atoms with Crippen molar-refractivity contribution in [2.45, 2.75) is 75.8 Å². The maximum absolute atomic E-state index is 12.8. The van der Waals surface area contributed by atoms with Gasteiger partial charge in [-0.15, -0.1) is 0 Å². The minimum Gasteiger partial charge on any atom is -0.408 e. The molecule has 2 fully saturated rings. The molecular formula is C22H31N3O5S. The molecule has 0 spiro atoms. The molecule has 31 heavy (non-hydrogen) atoms. The van der Waals surface area contributed by atoms with Gasteiger partial charge < -0.3 is 9.32 Å². The zero-order valence-electron chi connectivity index (χ0n) is 18.1. The highest BCUT2D eigenvalue weighted by Gasteiger charge is 2.28. The molecule has 1 aromatic carbocycles. The smallest absolute Gasteiger partial charge is 0.408 e. The first-order valence-corrected chi connectivity index (χ1v) is 12.8. The van der Waals surface area contributed by atoms with Crippen molar-refractivity contribution in [3.63, 3.8) is 0 Å². The summed E-state index contributed by atoms with van der Waals surface area (Å²) in [5.74, 6) is -0.525. The zero-order chi connectivity index (χ0) is 22.0. The molecular weight excluding hydrogens is 418 g/mol. The van der Waals surface area contributed by atoms with Crippen LogP contribution in [0.5, 0.6) is 0 Å². The molecule has 0 radical (unpaired) electrons. The Hall–Kier alpha value is -2.13. The number of benzene rings is 1. The molecule has 1 amide bonds. The molecule has 0 atom stereocenters. The number of nitrogens with zero attached hydrogens (tertiary/aromatic N) is 3. The van der Waals surface area contributed by atoms with Gasteiger partial charge in [-0.3, -0.25) is 9.36 Å². The van der Waals surface area contributed by atoms with Crippen molar-refractivity contribution in [1.82, 2.24) is 13.8 Å². The van der Waals surface area contributed by atoms with Crippen LogP contribution in [0, 0.1) is 0 Å². The summed E-state index contributed by atoms with van der Waals surface area (Å²) >= 11 is 0. The minimum absolute atomic E-state index is 0.0453. The third kappa shape index (κ3) is 4.43. The Labute approximate surface area is 182 Å². The highest BCUT2D eigenvalue weighted by Crippen LogP contribution is 2.25. The number of fused-ring (bicyclic) bond motifs is 1. The van der Waals surface area contributed by atoms with Crippen molar-refractivity contribution < 1.29 is 17.6 Å². The summed E-state index contributed by atoms with van der Waals surface area (Å²) in [6, 6.07) is 4.83. The van der Waals surface area contributed by atoms with E-state index in [0.29, 0.717) is 31.2 Å². The first-order valence-electron chi connectivity index (χ1n) is 11.3. The fourth-order valence-electron chi connectivity index (χ4n) is 4.88. The molecule has 1 saturated carbocycles. The highest BCUT2D eigenvalue weighted by atomic mass is 32.2. The van der Waals surface area contributed by atoms with Gasteiger partial charge in [0.2, 0.25) is 15.9 Å². The maximum atomic E-state index is 12.8. The second kappa shape index (κ2) is 9.16. The molecule has 1 saturated heterocycles. The van der Waals surface area contributed by atoms with E-state index in [0.717, 1.165) is 38.5 Å². The lowest BCUT2D eigenvalue weighted by Crippen LogP contribution is -2.41. The average Bonchev–Trinajstić information content (AvgIpc) is 3.41. The first-order chi connectivity index (χ1) is 14.9. The number of hydrogen-bond donors (Lipinski definition) is 0. The van der Waals surface area contributed by atoms with Crippen LogP contribution in [-0.4, -0.2) is 53.8 Å². The summed E-state index contributed by atoms with van der Waals surface area (Å²) in [5.41, 5.74) is 0.747. The maximum Gasteiger partial charge on any atom is 0.419 e. The van der Waals surface area contributed by atoms with Gasteiger partial charge in [0, 0.05) is 44.7 Å². The SMILES string of the molecule is CCN(C(=O)CCn1c(=O)oc2cc(S(=O)(=O)N3CCCC3)ccc21)C1CCCCC1. The van der Waals surface area contributed by atoms with Gasteiger partial charge in [-0.1, -0.05) is 19.3 Å². The Morgan fingerprint density at radius 3 is 2.52 bits per heavy atom. The Morgan fingerprint density at radius 1 is 1.13 bits per heavy atom. The summed E-state index contributed by atoms with van der Waals surface area (Å²) in [6.45, 7) is 3.91. The van der Waals surface area contributed by atoms with E-state index in [2.05, 4.69) is 0 Å². The van der Waals surface area contributed by atoms with Gasteiger partial charge in [0.05, 0.1) is 10.4 Å². The summed E-state index contributed by atoms with van der Waals surface area (Å²) < 4.78 is 33.8. The van der Waals surface area contributed by atoms with Crippen LogP contribution in [0.4, 0.5) is 0 Å². The standard InChI is InChI=1S/C22H31N3O5S/c1-2-24(17-8-4-3-5-9-17)21(26)12-15-25-19-11-10-18(16-20(19)30-22(25)27)31(28,29)23-13-6-7-14-23/h10-11,16-17H,2-9,12-15H2,1H3. The van der Waals surface area contributed by atoms with E-state index in [9.17, 15) is 18.0 Å². The lowest BCUT2D eigenvalue weighted by Gasteiger charge is -2.33. The van der Waals surface area contributed by atoms with E-state index in [1.54, 1.807) is 6.07 Å². The van der Waals surface area contributed by atoms with Crippen molar-refractivity contribution in [1.29, 1.82) is 0 Å². The van der Waals surface area contributed by atoms with Crippen LogP contribution in [0.3, 0.4) is 0 Å². The number of carbonyl (C=O) groups is 1. The predicted molar refractivity (Wildman–Crippen MR) is 117 cm³/mol. The number of rotatable bonds is 7. The highest BCUT2D eigenvalue weighted by molar-refractivity contribution is 7.89. The molecule has 170 valence electrons. The molecule has 2 aromatic rings. The lowest BCUT2D eigenvalue weighted by atomic mass is 9.94. The number of amides is 1. The predicted octanol–water partition coefficient (Wildman–Crippen LogP) is 2.95. The monoisotopic (exact) mass is 449 g/mol. The molecule has 1 aliphatic heterocycles. The molecule has 4 rings (SSSR count). The quantitative estimate of drug-likeness (QED) is 0.648. The van der Waals surface area contributed by atoms with Gasteiger partial charge in [-0.25, -0.2) is 13.2 Å². The second-order valence-electron chi connectivity index (χ2n) is 8.48. The first kappa shape index (κ1) is 22.1. The van der Waals surface area contributed by atoms with Crippen LogP contribution in [-0.2, 0) is 21.4 Å². The Morgan fingerprint density at radius 2 is 1.84 bits per heavy atom. The van der Waals surface area contributed by atoms with Crippen LogP contribution in [0.15, 0.2) is 32.3 Å². The number of aromatic nitrogens is 1. The topological polar surface area (TPSA) is 92.8 Å². The summed E-state index contributed by atoms with van der Waals surface area (Å²) in [5, 5.41) is 0. The van der Waals surface area contributed by atoms with E-state index in [1.807, 2.05) is 11.8 Å². The van der Waals surface area contributed by atoms with Crippen molar-refractivity contribution in [2.24, 2.45) is 0 Å². The minimum atomic E-state index is -3.59. The van der Waals surface area contributed by atoms with Gasteiger partial charge in [-0.2, -0.15) is 4.31 Å². The van der Waals surface area contributed by atoms with Crippen LogP contribution in [0.1, 0.15) is 58.3 Å². The Bertz CT molecular complexity index is 1090. The van der Waals surface area contributed by atoms with Gasteiger partial charge in [0.15, 0.2) is 5.58 Å². The fraction of sp³-hybridized carbons (Fsp3) is 0.636. The van der Waals surface area contributed by atoms with E-state index >= 15 is 0 Å². The third-order valence-electron chi connectivity index (χ3n) is 6.57. The van der Waals surface area contributed by atoms with E-state index in [1.165, 1.54) is 27.4 Å². The van der Waals surface area contributed by atoms with Crippen molar-refractivity contribution in [2.75, 3.05) is 19.6 Å². The molecule has 2 heterocycles. The van der Waals surface area contributed by atoms with E-state index in [-0.39, 0.29) is 29.4 Å². The number of aryl methyl sites for hydroxylation is 1. The Kier molecular flexibility index (Phi) is 6.52. The van der Waals surface area contributed by atoms with Crippen LogP contribution in [0.2, 0.25) is 0 Å². The summed E-state index contributed by atoms with van der Waals surface area (Å²) in [6.07, 6.45) is 7.56. The number of hydrogen-bond acceptors (Lipinski definition) is 5. The normalized spacial score (nSPS) is 18.6. The fourth-order valence-corrected chi connectivity index (χ4v) is 6.41. The van der Waals surface area contributed by atoms with Gasteiger partial charge in [0.25, 0.3) is 0 Å². The largest absolute Gasteiger partial charge is 0.419 e. The molecule has 1 aliphatic carbocycles. The average molecular weight is 450 g/mol. The van der Waals surface area contributed by atoms with Crippen LogP contribution < -0.4 is 5.76 Å². The number of carbonyl (C=O) groups excluding carboxylic acids is 1. The molecule has 0 N–H and O–H groups in total. The third-order valence-corrected chi connectivity index (χ3v) is 8.46. The van der Waals surface area contributed by atoms with Crippen molar-refractivity contribution in [3.8, 4) is 0 Å². The summed E-state index contributed by atoms with van der Waals surface area (Å²) in [4.78, 5) is 27.3. The van der Waals surface area contributed by atoms with Gasteiger partial charge in [0.1, 0.15) is 0 Å². The van der Waals surface area contributed by atoms with Crippen molar-refractivity contribution in [3.05, 3.63) is 28.7 Å². The van der Waals surface area contributed by atoms with Gasteiger partial charge in [-0.05, 0) is 44.7 Å². The number of oxazole rings is 1. The molecule has 2 aliphatic rings. The zero-order valence-corrected chi connectivity index (χ0v) is 18.9. The Balaban J connectivity index is 1.51. The molecule has 0 unspecified atom stereocenters. The van der Waals surface area contributed by atoms with E-state index < -0.39 is 15.8 Å². The molecule has 9 heteroatoms. The molecule has 1 aromatic heterocycles. The van der Waals surface area contributed by atoms with Crippen molar-refractivity contribution >= 4 is 27.0 Å². The lowest BCUT2D eigenvalue weighted by molar-refractivity contribution is -0.134. The number of sulfonamides is 1. The molecule has 0 bridgehead atoms. The summed E-state index contributed by atoms with van der Waals surface area (Å²) in [7, 11) is -3.59. The van der Waals surface area contributed by atoms with Crippen LogP contribution in [0.25, 0.3) is 11.1 Å². The van der Waals surface area contributed by atoms with Crippen LogP contribution >= 0.6 is 0 Å². The van der Waals surface area contributed by atoms with Gasteiger partial charge >= 0.3 is 5.76 Å².